The van der Waals surface area contributed by atoms with E-state index in [-0.39, 0.29) is 24.9 Å². The standard InChI is InChI=1S/C16H22N2O4/c1-21-16(20)8-9-22-14-6-4-13(5-7-14)18-15(19)11-17-10-12-2-3-12/h4-7,12,17H,2-3,8-11H2,1H3,(H,18,19). The van der Waals surface area contributed by atoms with Gasteiger partial charge in [-0.15, -0.1) is 0 Å². The third-order valence-corrected chi connectivity index (χ3v) is 3.36. The Morgan fingerprint density at radius 1 is 1.23 bits per heavy atom. The maximum absolute atomic E-state index is 11.7. The number of hydrogen-bond donors (Lipinski definition) is 2. The summed E-state index contributed by atoms with van der Waals surface area (Å²) in [5.74, 6) is 1.05. The Morgan fingerprint density at radius 2 is 1.95 bits per heavy atom. The zero-order chi connectivity index (χ0) is 15.8. The first-order valence-electron chi connectivity index (χ1n) is 7.47. The SMILES string of the molecule is COC(=O)CCOc1ccc(NC(=O)CNCC2CC2)cc1. The average Bonchev–Trinajstić information content (AvgIpc) is 3.33. The Labute approximate surface area is 130 Å². The zero-order valence-corrected chi connectivity index (χ0v) is 12.8. The highest BCUT2D eigenvalue weighted by Gasteiger charge is 2.20. The van der Waals surface area contributed by atoms with Gasteiger partial charge >= 0.3 is 5.97 Å². The number of methoxy groups -OCH3 is 1. The van der Waals surface area contributed by atoms with Gasteiger partial charge in [-0.05, 0) is 49.6 Å². The van der Waals surface area contributed by atoms with Crippen molar-refractivity contribution >= 4 is 17.6 Å². The maximum Gasteiger partial charge on any atom is 0.308 e. The second-order valence-electron chi connectivity index (χ2n) is 5.32. The van der Waals surface area contributed by atoms with Gasteiger partial charge in [0.15, 0.2) is 0 Å². The number of carbonyl (C=O) groups is 2. The molecule has 0 aromatic heterocycles. The molecule has 0 saturated heterocycles. The Kier molecular flexibility index (Phi) is 6.21. The number of hydrogen-bond acceptors (Lipinski definition) is 5. The van der Waals surface area contributed by atoms with Crippen LogP contribution >= 0.6 is 0 Å². The van der Waals surface area contributed by atoms with Gasteiger partial charge in [0, 0.05) is 5.69 Å². The fraction of sp³-hybridized carbons (Fsp3) is 0.500. The molecule has 120 valence electrons. The predicted octanol–water partition coefficient (Wildman–Crippen LogP) is 1.57. The quantitative estimate of drug-likeness (QED) is 0.677. The van der Waals surface area contributed by atoms with Crippen LogP contribution in [-0.4, -0.2) is 38.7 Å². The molecule has 0 bridgehead atoms. The summed E-state index contributed by atoms with van der Waals surface area (Å²) in [6.07, 6.45) is 2.75. The van der Waals surface area contributed by atoms with E-state index in [1.165, 1.54) is 20.0 Å². The lowest BCUT2D eigenvalue weighted by atomic mass is 10.3. The lowest BCUT2D eigenvalue weighted by Crippen LogP contribution is -2.29. The Hall–Kier alpha value is -2.08. The molecule has 0 radical (unpaired) electrons. The molecule has 0 spiro atoms. The fourth-order valence-electron chi connectivity index (χ4n) is 1.91. The molecule has 0 aliphatic heterocycles. The average molecular weight is 306 g/mol. The molecule has 2 rings (SSSR count). The van der Waals surface area contributed by atoms with E-state index in [1.807, 2.05) is 0 Å². The van der Waals surface area contributed by atoms with Gasteiger partial charge in [-0.1, -0.05) is 0 Å². The van der Waals surface area contributed by atoms with Gasteiger partial charge in [-0.25, -0.2) is 0 Å². The van der Waals surface area contributed by atoms with E-state index >= 15 is 0 Å². The third-order valence-electron chi connectivity index (χ3n) is 3.36. The van der Waals surface area contributed by atoms with Gasteiger partial charge in [0.1, 0.15) is 5.75 Å². The van der Waals surface area contributed by atoms with Gasteiger partial charge in [0.2, 0.25) is 5.91 Å². The minimum Gasteiger partial charge on any atom is -0.493 e. The summed E-state index contributed by atoms with van der Waals surface area (Å²) in [6.45, 7) is 1.51. The molecule has 1 fully saturated rings. The summed E-state index contributed by atoms with van der Waals surface area (Å²) in [4.78, 5) is 22.7. The van der Waals surface area contributed by atoms with E-state index in [0.717, 1.165) is 18.2 Å². The van der Waals surface area contributed by atoms with E-state index in [9.17, 15) is 9.59 Å². The Bertz CT molecular complexity index is 497. The van der Waals surface area contributed by atoms with Gasteiger partial charge in [-0.3, -0.25) is 9.59 Å². The highest BCUT2D eigenvalue weighted by Crippen LogP contribution is 2.27. The maximum atomic E-state index is 11.7. The summed E-state index contributed by atoms with van der Waals surface area (Å²) in [5, 5.41) is 5.96. The molecule has 0 unspecified atom stereocenters. The molecule has 0 atom stereocenters. The smallest absolute Gasteiger partial charge is 0.308 e. The van der Waals surface area contributed by atoms with Gasteiger partial charge in [-0.2, -0.15) is 0 Å². The van der Waals surface area contributed by atoms with Crippen molar-refractivity contribution in [2.24, 2.45) is 5.92 Å². The molecule has 0 heterocycles. The van der Waals surface area contributed by atoms with Crippen molar-refractivity contribution in [3.05, 3.63) is 24.3 Å². The lowest BCUT2D eigenvalue weighted by Gasteiger charge is -2.08. The topological polar surface area (TPSA) is 76.7 Å². The van der Waals surface area contributed by atoms with E-state index in [0.29, 0.717) is 12.3 Å². The van der Waals surface area contributed by atoms with Gasteiger partial charge in [0.05, 0.1) is 26.7 Å². The summed E-state index contributed by atoms with van der Waals surface area (Å²) in [7, 11) is 1.35. The Morgan fingerprint density at radius 3 is 2.59 bits per heavy atom. The highest BCUT2D eigenvalue weighted by molar-refractivity contribution is 5.92. The molecular weight excluding hydrogens is 284 g/mol. The molecule has 1 saturated carbocycles. The number of nitrogens with one attached hydrogen (secondary N) is 2. The lowest BCUT2D eigenvalue weighted by molar-refractivity contribution is -0.141. The second kappa shape index (κ2) is 8.38. The molecule has 1 aromatic rings. The number of ether oxygens (including phenoxy) is 2. The first-order valence-corrected chi connectivity index (χ1v) is 7.47. The minimum absolute atomic E-state index is 0.0555. The molecule has 22 heavy (non-hydrogen) atoms. The number of rotatable bonds is 9. The van der Waals surface area contributed by atoms with Crippen LogP contribution in [0.3, 0.4) is 0 Å². The number of benzene rings is 1. The van der Waals surface area contributed by atoms with Crippen molar-refractivity contribution in [3.8, 4) is 5.75 Å². The summed E-state index contributed by atoms with van der Waals surface area (Å²) in [6, 6.07) is 7.05. The molecular formula is C16H22N2O4. The van der Waals surface area contributed by atoms with E-state index < -0.39 is 0 Å². The first kappa shape index (κ1) is 16.3. The fourth-order valence-corrected chi connectivity index (χ4v) is 1.91. The monoisotopic (exact) mass is 306 g/mol. The van der Waals surface area contributed by atoms with Crippen LogP contribution < -0.4 is 15.4 Å². The highest BCUT2D eigenvalue weighted by atomic mass is 16.5. The number of anilines is 1. The zero-order valence-electron chi connectivity index (χ0n) is 12.8. The molecule has 1 aliphatic carbocycles. The van der Waals surface area contributed by atoms with Crippen molar-refractivity contribution in [1.29, 1.82) is 0 Å². The van der Waals surface area contributed by atoms with E-state index in [4.69, 9.17) is 4.74 Å². The molecule has 6 heteroatoms. The summed E-state index contributed by atoms with van der Waals surface area (Å²) in [5.41, 5.74) is 0.721. The predicted molar refractivity (Wildman–Crippen MR) is 82.8 cm³/mol. The van der Waals surface area contributed by atoms with Crippen LogP contribution in [0.2, 0.25) is 0 Å². The van der Waals surface area contributed by atoms with Crippen LogP contribution in [0, 0.1) is 5.92 Å². The summed E-state index contributed by atoms with van der Waals surface area (Å²) < 4.78 is 9.94. The van der Waals surface area contributed by atoms with Crippen molar-refractivity contribution in [1.82, 2.24) is 5.32 Å². The van der Waals surface area contributed by atoms with Crippen LogP contribution in [0.4, 0.5) is 5.69 Å². The largest absolute Gasteiger partial charge is 0.493 e. The van der Waals surface area contributed by atoms with Crippen LogP contribution in [0.1, 0.15) is 19.3 Å². The van der Waals surface area contributed by atoms with Crippen molar-refractivity contribution in [2.45, 2.75) is 19.3 Å². The van der Waals surface area contributed by atoms with Gasteiger partial charge in [0.25, 0.3) is 0 Å². The van der Waals surface area contributed by atoms with Gasteiger partial charge < -0.3 is 20.1 Å². The third kappa shape index (κ3) is 6.13. The molecule has 1 amide bonds. The minimum atomic E-state index is -0.303. The Balaban J connectivity index is 1.66. The second-order valence-corrected chi connectivity index (χ2v) is 5.32. The molecule has 6 nitrogen and oxygen atoms in total. The van der Waals surface area contributed by atoms with Crippen LogP contribution in [0.5, 0.6) is 5.75 Å². The van der Waals surface area contributed by atoms with Crippen molar-refractivity contribution in [2.75, 3.05) is 32.1 Å². The molecule has 2 N–H and O–H groups in total. The molecule has 1 aliphatic rings. The molecule has 1 aromatic carbocycles. The number of amides is 1. The summed E-state index contributed by atoms with van der Waals surface area (Å²) >= 11 is 0. The van der Waals surface area contributed by atoms with Crippen LogP contribution in [0.15, 0.2) is 24.3 Å². The van der Waals surface area contributed by atoms with Crippen LogP contribution in [0.25, 0.3) is 0 Å². The van der Waals surface area contributed by atoms with E-state index in [2.05, 4.69) is 15.4 Å². The van der Waals surface area contributed by atoms with E-state index in [1.54, 1.807) is 24.3 Å². The van der Waals surface area contributed by atoms with Crippen LogP contribution in [-0.2, 0) is 14.3 Å². The van der Waals surface area contributed by atoms with Crippen molar-refractivity contribution < 1.29 is 19.1 Å². The normalized spacial score (nSPS) is 13.5. The number of carbonyl (C=O) groups excluding carboxylic acids is 2. The first-order chi connectivity index (χ1) is 10.7. The number of esters is 1. The van der Waals surface area contributed by atoms with Crippen molar-refractivity contribution in [3.63, 3.8) is 0 Å².